The van der Waals surface area contributed by atoms with Gasteiger partial charge >= 0.3 is 0 Å². The van der Waals surface area contributed by atoms with Crippen molar-refractivity contribution in [2.45, 2.75) is 50.3 Å². The van der Waals surface area contributed by atoms with E-state index in [0.29, 0.717) is 25.5 Å². The third kappa shape index (κ3) is 3.22. The van der Waals surface area contributed by atoms with Gasteiger partial charge in [0, 0.05) is 25.0 Å². The molecule has 2 rings (SSSR count). The zero-order chi connectivity index (χ0) is 14.8. The summed E-state index contributed by atoms with van der Waals surface area (Å²) >= 11 is 0. The lowest BCUT2D eigenvalue weighted by atomic mass is 9.97. The Morgan fingerprint density at radius 3 is 2.80 bits per heavy atom. The molecule has 2 N–H and O–H groups in total. The van der Waals surface area contributed by atoms with Gasteiger partial charge in [0.25, 0.3) is 0 Å². The Labute approximate surface area is 119 Å². The zero-order valence-corrected chi connectivity index (χ0v) is 12.7. The lowest BCUT2D eigenvalue weighted by Gasteiger charge is -2.33. The lowest BCUT2D eigenvalue weighted by molar-refractivity contribution is 0.0386. The van der Waals surface area contributed by atoms with Crippen molar-refractivity contribution < 1.29 is 18.3 Å². The van der Waals surface area contributed by atoms with Gasteiger partial charge in [0.2, 0.25) is 10.0 Å². The molecule has 0 amide bonds. The topological polar surface area (TPSA) is 80.6 Å². The highest BCUT2D eigenvalue weighted by Crippen LogP contribution is 2.22. The maximum atomic E-state index is 12.4. The van der Waals surface area contributed by atoms with Crippen LogP contribution >= 0.6 is 0 Å². The number of sulfonamides is 1. The molecule has 0 radical (unpaired) electrons. The van der Waals surface area contributed by atoms with E-state index < -0.39 is 15.6 Å². The number of hydrogen-bond acceptors (Lipinski definition) is 4. The quantitative estimate of drug-likeness (QED) is 0.845. The number of nitrogens with zero attached hydrogens (tertiary/aromatic N) is 1. The second-order valence-corrected chi connectivity index (χ2v) is 7.12. The molecular formula is C13H22N2O4S. The van der Waals surface area contributed by atoms with Crippen LogP contribution in [0, 0.1) is 0 Å². The summed E-state index contributed by atoms with van der Waals surface area (Å²) in [5.74, 6) is 0. The monoisotopic (exact) mass is 302 g/mol. The second kappa shape index (κ2) is 5.85. The van der Waals surface area contributed by atoms with Gasteiger partial charge in [-0.15, -0.1) is 0 Å². The predicted octanol–water partition coefficient (Wildman–Crippen LogP) is 0.848. The Kier molecular flexibility index (Phi) is 4.53. The van der Waals surface area contributed by atoms with Gasteiger partial charge in [-0.05, 0) is 32.8 Å². The van der Waals surface area contributed by atoms with Crippen LogP contribution in [0.2, 0.25) is 0 Å². The standard InChI is InChI=1S/C13H22N2O4S/c1-3-15-8-12(7-11(15)9-16)20(17,18)14-13(2)5-4-6-19-10-13/h7-8,14,16H,3-6,9-10H2,1-2H3. The predicted molar refractivity (Wildman–Crippen MR) is 74.8 cm³/mol. The molecule has 2 heterocycles. The van der Waals surface area contributed by atoms with Crippen LogP contribution in [0.3, 0.4) is 0 Å². The van der Waals surface area contributed by atoms with Gasteiger partial charge in [0.15, 0.2) is 0 Å². The Morgan fingerprint density at radius 1 is 1.55 bits per heavy atom. The van der Waals surface area contributed by atoms with Crippen molar-refractivity contribution in [3.05, 3.63) is 18.0 Å². The van der Waals surface area contributed by atoms with Crippen LogP contribution in [0.4, 0.5) is 0 Å². The molecule has 20 heavy (non-hydrogen) atoms. The number of aliphatic hydroxyl groups is 1. The summed E-state index contributed by atoms with van der Waals surface area (Å²) in [6.07, 6.45) is 3.16. The highest BCUT2D eigenvalue weighted by Gasteiger charge is 2.33. The molecule has 1 atom stereocenters. The molecule has 1 fully saturated rings. The van der Waals surface area contributed by atoms with Gasteiger partial charge in [-0.1, -0.05) is 0 Å². The van der Waals surface area contributed by atoms with Crippen molar-refractivity contribution in [2.24, 2.45) is 0 Å². The highest BCUT2D eigenvalue weighted by atomic mass is 32.2. The number of aliphatic hydroxyl groups excluding tert-OH is 1. The minimum Gasteiger partial charge on any atom is -0.390 e. The fourth-order valence-electron chi connectivity index (χ4n) is 2.50. The molecule has 1 aromatic heterocycles. The summed E-state index contributed by atoms with van der Waals surface area (Å²) in [5, 5.41) is 9.24. The van der Waals surface area contributed by atoms with E-state index in [-0.39, 0.29) is 11.5 Å². The lowest BCUT2D eigenvalue weighted by Crippen LogP contribution is -2.51. The summed E-state index contributed by atoms with van der Waals surface area (Å²) in [7, 11) is -3.60. The van der Waals surface area contributed by atoms with E-state index in [1.807, 2.05) is 13.8 Å². The SMILES string of the molecule is CCn1cc(S(=O)(=O)NC2(C)CCCOC2)cc1CO. The van der Waals surface area contributed by atoms with Crippen molar-refractivity contribution in [3.63, 3.8) is 0 Å². The van der Waals surface area contributed by atoms with E-state index >= 15 is 0 Å². The molecule has 0 spiro atoms. The third-order valence-corrected chi connectivity index (χ3v) is 5.20. The van der Waals surface area contributed by atoms with Crippen molar-refractivity contribution >= 4 is 10.0 Å². The van der Waals surface area contributed by atoms with Crippen LogP contribution in [0.15, 0.2) is 17.2 Å². The first-order valence-electron chi connectivity index (χ1n) is 6.82. The molecule has 0 saturated carbocycles. The summed E-state index contributed by atoms with van der Waals surface area (Å²) in [5.41, 5.74) is 0.0306. The molecule has 1 aliphatic heterocycles. The summed E-state index contributed by atoms with van der Waals surface area (Å²) in [6, 6.07) is 1.51. The number of nitrogens with one attached hydrogen (secondary N) is 1. The van der Waals surface area contributed by atoms with Gasteiger partial charge in [-0.2, -0.15) is 0 Å². The smallest absolute Gasteiger partial charge is 0.242 e. The zero-order valence-electron chi connectivity index (χ0n) is 11.9. The maximum absolute atomic E-state index is 12.4. The number of hydrogen-bond donors (Lipinski definition) is 2. The molecule has 1 unspecified atom stereocenters. The molecule has 1 aliphatic rings. The summed E-state index contributed by atoms with van der Waals surface area (Å²) in [6.45, 7) is 5.26. The van der Waals surface area contributed by atoms with E-state index in [1.165, 1.54) is 6.07 Å². The second-order valence-electron chi connectivity index (χ2n) is 5.43. The molecule has 0 bridgehead atoms. The highest BCUT2D eigenvalue weighted by molar-refractivity contribution is 7.89. The first-order valence-corrected chi connectivity index (χ1v) is 8.30. The van der Waals surface area contributed by atoms with Crippen LogP contribution in [0.5, 0.6) is 0 Å². The maximum Gasteiger partial charge on any atom is 0.242 e. The first-order chi connectivity index (χ1) is 9.40. The molecular weight excluding hydrogens is 280 g/mol. The molecule has 0 aromatic carbocycles. The van der Waals surface area contributed by atoms with Gasteiger partial charge in [0.1, 0.15) is 0 Å². The largest absolute Gasteiger partial charge is 0.390 e. The Bertz CT molecular complexity index is 537. The average molecular weight is 302 g/mol. The third-order valence-electron chi connectivity index (χ3n) is 3.59. The minimum atomic E-state index is -3.60. The molecule has 7 heteroatoms. The fraction of sp³-hybridized carbons (Fsp3) is 0.692. The van der Waals surface area contributed by atoms with Crippen molar-refractivity contribution in [3.8, 4) is 0 Å². The van der Waals surface area contributed by atoms with Crippen molar-refractivity contribution in [1.82, 2.24) is 9.29 Å². The van der Waals surface area contributed by atoms with Crippen LogP contribution in [0.25, 0.3) is 0 Å². The van der Waals surface area contributed by atoms with Gasteiger partial charge in [-0.3, -0.25) is 0 Å². The average Bonchev–Trinajstić information content (AvgIpc) is 2.82. The van der Waals surface area contributed by atoms with Gasteiger partial charge < -0.3 is 14.4 Å². The van der Waals surface area contributed by atoms with E-state index in [1.54, 1.807) is 10.8 Å². The van der Waals surface area contributed by atoms with E-state index in [2.05, 4.69) is 4.72 Å². The minimum absolute atomic E-state index is 0.177. The van der Waals surface area contributed by atoms with E-state index in [0.717, 1.165) is 12.8 Å². The number of aryl methyl sites for hydroxylation is 1. The molecule has 1 saturated heterocycles. The molecule has 114 valence electrons. The van der Waals surface area contributed by atoms with Crippen LogP contribution in [-0.2, 0) is 27.9 Å². The van der Waals surface area contributed by atoms with Crippen molar-refractivity contribution in [1.29, 1.82) is 0 Å². The first kappa shape index (κ1) is 15.5. The molecule has 6 nitrogen and oxygen atoms in total. The van der Waals surface area contributed by atoms with Crippen LogP contribution in [0.1, 0.15) is 32.4 Å². The van der Waals surface area contributed by atoms with Crippen molar-refractivity contribution in [2.75, 3.05) is 13.2 Å². The number of ether oxygens (including phenoxy) is 1. The van der Waals surface area contributed by atoms with Gasteiger partial charge in [0.05, 0.1) is 23.6 Å². The summed E-state index contributed by atoms with van der Waals surface area (Å²) < 4.78 is 34.7. The fourth-order valence-corrected chi connectivity index (χ4v) is 3.98. The van der Waals surface area contributed by atoms with Crippen LogP contribution < -0.4 is 4.72 Å². The number of rotatable bonds is 5. The van der Waals surface area contributed by atoms with Gasteiger partial charge in [-0.25, -0.2) is 13.1 Å². The number of aromatic nitrogens is 1. The van der Waals surface area contributed by atoms with Crippen LogP contribution in [-0.4, -0.2) is 36.8 Å². The Balaban J connectivity index is 2.23. The molecule has 1 aromatic rings. The Morgan fingerprint density at radius 2 is 2.30 bits per heavy atom. The van der Waals surface area contributed by atoms with E-state index in [4.69, 9.17) is 4.74 Å². The van der Waals surface area contributed by atoms with E-state index in [9.17, 15) is 13.5 Å². The molecule has 0 aliphatic carbocycles. The normalized spacial score (nSPS) is 23.9. The summed E-state index contributed by atoms with van der Waals surface area (Å²) in [4.78, 5) is 0.190. The Hall–Kier alpha value is -0.890.